The molecule has 0 aliphatic rings. The maximum absolute atomic E-state index is 13.1. The Morgan fingerprint density at radius 3 is 2.77 bits per heavy atom. The van der Waals surface area contributed by atoms with Crippen LogP contribution in [0, 0.1) is 0 Å². The summed E-state index contributed by atoms with van der Waals surface area (Å²) in [6.45, 7) is 1.73. The lowest BCUT2D eigenvalue weighted by atomic mass is 10.2. The van der Waals surface area contributed by atoms with E-state index in [2.05, 4.69) is 20.0 Å². The highest BCUT2D eigenvalue weighted by Crippen LogP contribution is 2.24. The number of carbonyl (C=O) groups is 1. The van der Waals surface area contributed by atoms with E-state index in [1.165, 1.54) is 18.4 Å². The molecule has 0 saturated heterocycles. The number of anilines is 1. The fourth-order valence-electron chi connectivity index (χ4n) is 2.58. The van der Waals surface area contributed by atoms with Crippen molar-refractivity contribution >= 4 is 32.7 Å². The van der Waals surface area contributed by atoms with Gasteiger partial charge in [0.05, 0.1) is 12.1 Å². The molecule has 0 bridgehead atoms. The molecule has 0 fully saturated rings. The number of hydrogen-bond acceptors (Lipinski definition) is 6. The molecule has 136 valence electrons. The van der Waals surface area contributed by atoms with Crippen LogP contribution in [0.4, 0.5) is 5.82 Å². The SMILES string of the molecule is CCCN(CC(=O)Nc1ccon1)S(=O)(=O)c1cccc2cccnc12. The van der Waals surface area contributed by atoms with E-state index in [1.807, 2.05) is 6.92 Å². The molecule has 0 spiro atoms. The van der Waals surface area contributed by atoms with Crippen LogP contribution in [-0.2, 0) is 14.8 Å². The first-order valence-corrected chi connectivity index (χ1v) is 9.50. The number of pyridine rings is 1. The van der Waals surface area contributed by atoms with Crippen LogP contribution in [0.15, 0.2) is 58.3 Å². The van der Waals surface area contributed by atoms with Gasteiger partial charge in [-0.2, -0.15) is 4.31 Å². The molecule has 8 nitrogen and oxygen atoms in total. The van der Waals surface area contributed by atoms with Gasteiger partial charge in [-0.1, -0.05) is 30.3 Å². The van der Waals surface area contributed by atoms with Crippen LogP contribution in [0.25, 0.3) is 10.9 Å². The number of amides is 1. The number of nitrogens with zero attached hydrogens (tertiary/aromatic N) is 3. The van der Waals surface area contributed by atoms with Gasteiger partial charge in [-0.05, 0) is 18.6 Å². The summed E-state index contributed by atoms with van der Waals surface area (Å²) in [7, 11) is -3.90. The first-order chi connectivity index (χ1) is 12.5. The highest BCUT2D eigenvalue weighted by atomic mass is 32.2. The number of nitrogens with one attached hydrogen (secondary N) is 1. The van der Waals surface area contributed by atoms with Gasteiger partial charge in [0.15, 0.2) is 5.82 Å². The van der Waals surface area contributed by atoms with E-state index in [0.717, 1.165) is 9.69 Å². The minimum atomic E-state index is -3.90. The molecule has 1 aromatic carbocycles. The Balaban J connectivity index is 1.91. The Bertz CT molecular complexity index is 997. The smallest absolute Gasteiger partial charge is 0.245 e. The van der Waals surface area contributed by atoms with Gasteiger partial charge in [-0.15, -0.1) is 0 Å². The van der Waals surface area contributed by atoms with Crippen LogP contribution in [0.3, 0.4) is 0 Å². The number of rotatable bonds is 7. The summed E-state index contributed by atoms with van der Waals surface area (Å²) in [6.07, 6.45) is 3.43. The number of para-hydroxylation sites is 1. The van der Waals surface area contributed by atoms with Crippen molar-refractivity contribution in [2.24, 2.45) is 0 Å². The summed E-state index contributed by atoms with van der Waals surface area (Å²) in [4.78, 5) is 16.5. The van der Waals surface area contributed by atoms with E-state index in [9.17, 15) is 13.2 Å². The zero-order valence-corrected chi connectivity index (χ0v) is 14.9. The van der Waals surface area contributed by atoms with Crippen LogP contribution in [-0.4, -0.2) is 41.9 Å². The topological polar surface area (TPSA) is 105 Å². The van der Waals surface area contributed by atoms with E-state index in [4.69, 9.17) is 0 Å². The zero-order valence-electron chi connectivity index (χ0n) is 14.1. The summed E-state index contributed by atoms with van der Waals surface area (Å²) in [5.41, 5.74) is 0.382. The summed E-state index contributed by atoms with van der Waals surface area (Å²) in [6, 6.07) is 9.98. The lowest BCUT2D eigenvalue weighted by Gasteiger charge is -2.21. The van der Waals surface area contributed by atoms with E-state index in [1.54, 1.807) is 30.5 Å². The molecule has 2 heterocycles. The van der Waals surface area contributed by atoms with Gasteiger partial charge in [-0.3, -0.25) is 9.78 Å². The summed E-state index contributed by atoms with van der Waals surface area (Å²) >= 11 is 0. The Morgan fingerprint density at radius 2 is 2.04 bits per heavy atom. The molecule has 0 aliphatic heterocycles. The lowest BCUT2D eigenvalue weighted by Crippen LogP contribution is -2.38. The van der Waals surface area contributed by atoms with Crippen LogP contribution >= 0.6 is 0 Å². The van der Waals surface area contributed by atoms with Crippen molar-refractivity contribution in [3.63, 3.8) is 0 Å². The van der Waals surface area contributed by atoms with Crippen LogP contribution in [0.5, 0.6) is 0 Å². The third-order valence-corrected chi connectivity index (χ3v) is 5.59. The van der Waals surface area contributed by atoms with Gasteiger partial charge < -0.3 is 9.84 Å². The van der Waals surface area contributed by atoms with E-state index >= 15 is 0 Å². The maximum Gasteiger partial charge on any atom is 0.245 e. The van der Waals surface area contributed by atoms with E-state index in [-0.39, 0.29) is 23.8 Å². The quantitative estimate of drug-likeness (QED) is 0.680. The molecule has 0 aliphatic carbocycles. The summed E-state index contributed by atoms with van der Waals surface area (Å²) in [5, 5.41) is 6.81. The van der Waals surface area contributed by atoms with Crippen molar-refractivity contribution in [2.45, 2.75) is 18.2 Å². The van der Waals surface area contributed by atoms with Gasteiger partial charge in [0.1, 0.15) is 11.2 Å². The minimum absolute atomic E-state index is 0.0817. The predicted octanol–water partition coefficient (Wildman–Crippen LogP) is 2.26. The largest absolute Gasteiger partial charge is 0.363 e. The molecule has 3 rings (SSSR count). The van der Waals surface area contributed by atoms with Gasteiger partial charge >= 0.3 is 0 Å². The monoisotopic (exact) mass is 374 g/mol. The normalized spacial score (nSPS) is 11.8. The Kier molecular flexibility index (Phi) is 5.29. The van der Waals surface area contributed by atoms with Gasteiger partial charge in [0.2, 0.25) is 15.9 Å². The van der Waals surface area contributed by atoms with E-state index in [0.29, 0.717) is 11.9 Å². The molecule has 1 amide bonds. The third kappa shape index (κ3) is 3.73. The van der Waals surface area contributed by atoms with Crippen LogP contribution < -0.4 is 5.32 Å². The maximum atomic E-state index is 13.1. The number of aromatic nitrogens is 2. The van der Waals surface area contributed by atoms with Gasteiger partial charge in [0, 0.05) is 24.2 Å². The van der Waals surface area contributed by atoms with Crippen molar-refractivity contribution in [1.29, 1.82) is 0 Å². The van der Waals surface area contributed by atoms with Gasteiger partial charge in [-0.25, -0.2) is 8.42 Å². The Labute approximate surface area is 150 Å². The first kappa shape index (κ1) is 18.0. The molecule has 0 saturated carbocycles. The molecular formula is C17H18N4O4S. The molecule has 1 N–H and O–H groups in total. The number of fused-ring (bicyclic) bond motifs is 1. The van der Waals surface area contributed by atoms with Crippen molar-refractivity contribution in [3.05, 3.63) is 48.9 Å². The number of benzene rings is 1. The van der Waals surface area contributed by atoms with Gasteiger partial charge in [0.25, 0.3) is 0 Å². The second-order valence-electron chi connectivity index (χ2n) is 5.60. The third-order valence-electron chi connectivity index (χ3n) is 3.71. The molecule has 0 atom stereocenters. The average Bonchev–Trinajstić information content (AvgIpc) is 3.13. The van der Waals surface area contributed by atoms with Crippen molar-refractivity contribution in [3.8, 4) is 0 Å². The zero-order chi connectivity index (χ0) is 18.6. The van der Waals surface area contributed by atoms with Crippen LogP contribution in [0.1, 0.15) is 13.3 Å². The number of sulfonamides is 1. The lowest BCUT2D eigenvalue weighted by molar-refractivity contribution is -0.116. The molecule has 3 aromatic rings. The molecule has 0 radical (unpaired) electrons. The standard InChI is InChI=1S/C17H18N4O4S/c1-2-10-21(12-16(22)19-15-8-11-25-20-15)26(23,24)14-7-3-5-13-6-4-9-18-17(13)14/h3-9,11H,2,10,12H2,1H3,(H,19,20,22). The molecular weight excluding hydrogens is 356 g/mol. The summed E-state index contributed by atoms with van der Waals surface area (Å²) in [5.74, 6) is -0.264. The number of hydrogen-bond donors (Lipinski definition) is 1. The average molecular weight is 374 g/mol. The van der Waals surface area contributed by atoms with Crippen molar-refractivity contribution in [1.82, 2.24) is 14.4 Å². The summed E-state index contributed by atoms with van der Waals surface area (Å²) < 4.78 is 32.1. The highest BCUT2D eigenvalue weighted by Gasteiger charge is 2.28. The van der Waals surface area contributed by atoms with Crippen molar-refractivity contribution < 1.29 is 17.7 Å². The van der Waals surface area contributed by atoms with Crippen LogP contribution in [0.2, 0.25) is 0 Å². The second-order valence-corrected chi connectivity index (χ2v) is 7.51. The molecule has 0 unspecified atom stereocenters. The fraction of sp³-hybridized carbons (Fsp3) is 0.235. The first-order valence-electron chi connectivity index (χ1n) is 8.06. The molecule has 2 aromatic heterocycles. The Hall–Kier alpha value is -2.78. The fourth-order valence-corrected chi connectivity index (χ4v) is 4.23. The second kappa shape index (κ2) is 7.63. The predicted molar refractivity (Wildman–Crippen MR) is 95.9 cm³/mol. The minimum Gasteiger partial charge on any atom is -0.363 e. The Morgan fingerprint density at radius 1 is 1.23 bits per heavy atom. The number of carbonyl (C=O) groups excluding carboxylic acids is 1. The molecule has 9 heteroatoms. The highest BCUT2D eigenvalue weighted by molar-refractivity contribution is 7.89. The van der Waals surface area contributed by atoms with E-state index < -0.39 is 15.9 Å². The molecule has 26 heavy (non-hydrogen) atoms. The van der Waals surface area contributed by atoms with Crippen molar-refractivity contribution in [2.75, 3.05) is 18.4 Å².